The number of thioether (sulfide) groups is 1. The Kier molecular flexibility index (Phi) is 6.54. The van der Waals surface area contributed by atoms with Crippen LogP contribution in [0.3, 0.4) is 0 Å². The normalized spacial score (nSPS) is 10.7. The monoisotopic (exact) mass is 286 g/mol. The molecule has 0 atom stereocenters. The molecule has 0 saturated heterocycles. The van der Waals surface area contributed by atoms with E-state index in [0.717, 1.165) is 17.0 Å². The number of amides is 1. The largest absolute Gasteiger partial charge is 0.353 e. The minimum Gasteiger partial charge on any atom is -0.353 e. The van der Waals surface area contributed by atoms with Crippen LogP contribution in [0.2, 0.25) is 5.02 Å². The van der Waals surface area contributed by atoms with Crippen LogP contribution in [0.1, 0.15) is 19.4 Å². The van der Waals surface area contributed by atoms with Crippen LogP contribution < -0.4 is 10.6 Å². The standard InChI is InChI=1S/C13H19ClN2OS/c1-9(2)16-12(17)8-18-13-10(7-15-3)5-4-6-11(13)14/h4-6,9,15H,7-8H2,1-3H3,(H,16,17). The van der Waals surface area contributed by atoms with Crippen molar-refractivity contribution in [2.24, 2.45) is 0 Å². The van der Waals surface area contributed by atoms with Crippen molar-refractivity contribution in [2.45, 2.75) is 31.3 Å². The molecule has 0 saturated carbocycles. The zero-order valence-electron chi connectivity index (χ0n) is 10.9. The third-order valence-corrected chi connectivity index (χ3v) is 3.82. The van der Waals surface area contributed by atoms with Crippen molar-refractivity contribution < 1.29 is 4.79 Å². The predicted molar refractivity (Wildman–Crippen MR) is 78.2 cm³/mol. The summed E-state index contributed by atoms with van der Waals surface area (Å²) in [5.74, 6) is 0.420. The Morgan fingerprint density at radius 3 is 2.78 bits per heavy atom. The molecule has 0 aliphatic carbocycles. The first kappa shape index (κ1) is 15.3. The molecule has 0 fully saturated rings. The summed E-state index contributed by atoms with van der Waals surface area (Å²) in [7, 11) is 1.89. The van der Waals surface area contributed by atoms with Gasteiger partial charge in [0.15, 0.2) is 0 Å². The van der Waals surface area contributed by atoms with Gasteiger partial charge in [0.1, 0.15) is 0 Å². The number of halogens is 1. The Labute approximate surface area is 118 Å². The van der Waals surface area contributed by atoms with Gasteiger partial charge >= 0.3 is 0 Å². The van der Waals surface area contributed by atoms with Crippen molar-refractivity contribution >= 4 is 29.3 Å². The van der Waals surface area contributed by atoms with Gasteiger partial charge in [0.2, 0.25) is 5.91 Å². The van der Waals surface area contributed by atoms with E-state index in [1.54, 1.807) is 0 Å². The topological polar surface area (TPSA) is 41.1 Å². The second kappa shape index (κ2) is 7.67. The molecule has 2 N–H and O–H groups in total. The van der Waals surface area contributed by atoms with Crippen LogP contribution in [0.5, 0.6) is 0 Å². The lowest BCUT2D eigenvalue weighted by Crippen LogP contribution is -2.31. The molecule has 0 bridgehead atoms. The molecule has 100 valence electrons. The maximum absolute atomic E-state index is 11.6. The zero-order chi connectivity index (χ0) is 13.5. The SMILES string of the molecule is CNCc1cccc(Cl)c1SCC(=O)NC(C)C. The Bertz CT molecular complexity index is 410. The predicted octanol–water partition coefficient (Wildman–Crippen LogP) is 2.68. The molecule has 1 aromatic rings. The molecule has 0 aromatic heterocycles. The van der Waals surface area contributed by atoms with E-state index < -0.39 is 0 Å². The third kappa shape index (κ3) is 4.88. The van der Waals surface area contributed by atoms with E-state index >= 15 is 0 Å². The first-order chi connectivity index (χ1) is 8.54. The average molecular weight is 287 g/mol. The van der Waals surface area contributed by atoms with E-state index in [2.05, 4.69) is 10.6 Å². The summed E-state index contributed by atoms with van der Waals surface area (Å²) >= 11 is 7.65. The Balaban J connectivity index is 2.68. The summed E-state index contributed by atoms with van der Waals surface area (Å²) in [5.41, 5.74) is 1.12. The van der Waals surface area contributed by atoms with Crippen molar-refractivity contribution in [2.75, 3.05) is 12.8 Å². The van der Waals surface area contributed by atoms with E-state index in [-0.39, 0.29) is 11.9 Å². The lowest BCUT2D eigenvalue weighted by molar-refractivity contribution is -0.119. The Morgan fingerprint density at radius 2 is 2.17 bits per heavy atom. The van der Waals surface area contributed by atoms with Crippen molar-refractivity contribution in [3.63, 3.8) is 0 Å². The van der Waals surface area contributed by atoms with Gasteiger partial charge in [-0.25, -0.2) is 0 Å². The van der Waals surface area contributed by atoms with Crippen molar-refractivity contribution in [1.82, 2.24) is 10.6 Å². The smallest absolute Gasteiger partial charge is 0.230 e. The van der Waals surface area contributed by atoms with Crippen LogP contribution in [-0.4, -0.2) is 24.7 Å². The van der Waals surface area contributed by atoms with Gasteiger partial charge in [0.25, 0.3) is 0 Å². The van der Waals surface area contributed by atoms with Crippen LogP contribution in [0.4, 0.5) is 0 Å². The molecule has 0 heterocycles. The first-order valence-corrected chi connectivity index (χ1v) is 7.25. The molecular weight excluding hydrogens is 268 g/mol. The number of hydrogen-bond donors (Lipinski definition) is 2. The maximum Gasteiger partial charge on any atom is 0.230 e. The summed E-state index contributed by atoms with van der Waals surface area (Å²) in [6, 6.07) is 5.96. The molecule has 1 rings (SSSR count). The highest BCUT2D eigenvalue weighted by Gasteiger charge is 2.10. The van der Waals surface area contributed by atoms with Gasteiger partial charge in [0, 0.05) is 17.5 Å². The van der Waals surface area contributed by atoms with Crippen LogP contribution in [0.25, 0.3) is 0 Å². The molecule has 0 radical (unpaired) electrons. The molecule has 3 nitrogen and oxygen atoms in total. The van der Waals surface area contributed by atoms with Crippen LogP contribution in [0.15, 0.2) is 23.1 Å². The summed E-state index contributed by atoms with van der Waals surface area (Å²) in [6.45, 7) is 4.64. The highest BCUT2D eigenvalue weighted by molar-refractivity contribution is 8.00. The summed E-state index contributed by atoms with van der Waals surface area (Å²) < 4.78 is 0. The molecule has 0 aliphatic rings. The summed E-state index contributed by atoms with van der Waals surface area (Å²) in [5, 5.41) is 6.66. The highest BCUT2D eigenvalue weighted by atomic mass is 35.5. The molecule has 5 heteroatoms. The van der Waals surface area contributed by atoms with E-state index in [9.17, 15) is 4.79 Å². The van der Waals surface area contributed by atoms with Gasteiger partial charge in [-0.05, 0) is 32.5 Å². The van der Waals surface area contributed by atoms with Gasteiger partial charge in [-0.3, -0.25) is 4.79 Å². The number of nitrogens with one attached hydrogen (secondary N) is 2. The van der Waals surface area contributed by atoms with Crippen molar-refractivity contribution in [1.29, 1.82) is 0 Å². The lowest BCUT2D eigenvalue weighted by atomic mass is 10.2. The molecule has 1 aromatic carbocycles. The highest BCUT2D eigenvalue weighted by Crippen LogP contribution is 2.30. The minimum absolute atomic E-state index is 0.0327. The quantitative estimate of drug-likeness (QED) is 0.790. The van der Waals surface area contributed by atoms with Crippen molar-refractivity contribution in [3.05, 3.63) is 28.8 Å². The molecule has 18 heavy (non-hydrogen) atoms. The third-order valence-electron chi connectivity index (χ3n) is 2.21. The Hall–Kier alpha value is -0.710. The van der Waals surface area contributed by atoms with E-state index in [1.807, 2.05) is 39.1 Å². The number of carbonyl (C=O) groups is 1. The van der Waals surface area contributed by atoms with Gasteiger partial charge in [-0.2, -0.15) is 0 Å². The summed E-state index contributed by atoms with van der Waals surface area (Å²) in [6.07, 6.45) is 0. The maximum atomic E-state index is 11.6. The molecular formula is C13H19ClN2OS. The van der Waals surface area contributed by atoms with Crippen molar-refractivity contribution in [3.8, 4) is 0 Å². The van der Waals surface area contributed by atoms with Crippen LogP contribution >= 0.6 is 23.4 Å². The zero-order valence-corrected chi connectivity index (χ0v) is 12.5. The fourth-order valence-electron chi connectivity index (χ4n) is 1.55. The summed E-state index contributed by atoms with van der Waals surface area (Å²) in [4.78, 5) is 12.6. The molecule has 1 amide bonds. The average Bonchev–Trinajstić information content (AvgIpc) is 2.27. The number of carbonyl (C=O) groups excluding carboxylic acids is 1. The van der Waals surface area contributed by atoms with Gasteiger partial charge in [0.05, 0.1) is 10.8 Å². The second-order valence-electron chi connectivity index (χ2n) is 4.27. The van der Waals surface area contributed by atoms with Crippen LogP contribution in [-0.2, 0) is 11.3 Å². The lowest BCUT2D eigenvalue weighted by Gasteiger charge is -2.12. The Morgan fingerprint density at radius 1 is 1.44 bits per heavy atom. The van der Waals surface area contributed by atoms with E-state index in [4.69, 9.17) is 11.6 Å². The van der Waals surface area contributed by atoms with E-state index in [0.29, 0.717) is 10.8 Å². The molecule has 0 aliphatic heterocycles. The van der Waals surface area contributed by atoms with Gasteiger partial charge in [-0.15, -0.1) is 11.8 Å². The van der Waals surface area contributed by atoms with Gasteiger partial charge < -0.3 is 10.6 Å². The fraction of sp³-hybridized carbons (Fsp3) is 0.462. The van der Waals surface area contributed by atoms with Crippen LogP contribution in [0, 0.1) is 0 Å². The second-order valence-corrected chi connectivity index (χ2v) is 5.66. The van der Waals surface area contributed by atoms with E-state index in [1.165, 1.54) is 11.8 Å². The first-order valence-electron chi connectivity index (χ1n) is 5.88. The molecule has 0 unspecified atom stereocenters. The number of hydrogen-bond acceptors (Lipinski definition) is 3. The minimum atomic E-state index is 0.0327. The van der Waals surface area contributed by atoms with Gasteiger partial charge in [-0.1, -0.05) is 23.7 Å². The fourth-order valence-corrected chi connectivity index (χ4v) is 2.79. The number of benzene rings is 1. The number of rotatable bonds is 6. The molecule has 0 spiro atoms.